The minimum absolute atomic E-state index is 0.118. The Morgan fingerprint density at radius 2 is 1.73 bits per heavy atom. The molecule has 1 heterocycles. The molecular weight excluding hydrogens is 466 g/mol. The van der Waals surface area contributed by atoms with Gasteiger partial charge in [0.25, 0.3) is 10.0 Å². The van der Waals surface area contributed by atoms with Gasteiger partial charge < -0.3 is 15.0 Å². The van der Waals surface area contributed by atoms with E-state index in [1.54, 1.807) is 30.3 Å². The summed E-state index contributed by atoms with van der Waals surface area (Å²) in [4.78, 5) is 26.8. The number of nitrogens with one attached hydrogen (secondary N) is 2. The summed E-state index contributed by atoms with van der Waals surface area (Å²) < 4.78 is 33.8. The van der Waals surface area contributed by atoms with Crippen LogP contribution in [0, 0.1) is 11.8 Å². The van der Waals surface area contributed by atoms with Crippen molar-refractivity contribution in [2.45, 2.75) is 30.6 Å². The van der Waals surface area contributed by atoms with Gasteiger partial charge in [-0.05, 0) is 56.0 Å². The number of likely N-dealkylation sites (tertiary alicyclic amines) is 1. The number of hydrogen-bond acceptors (Lipinski definition) is 5. The van der Waals surface area contributed by atoms with Crippen LogP contribution in [0.3, 0.4) is 0 Å². The van der Waals surface area contributed by atoms with E-state index in [9.17, 15) is 18.0 Å². The average Bonchev–Trinajstić information content (AvgIpc) is 3.65. The molecule has 0 radical (unpaired) electrons. The van der Waals surface area contributed by atoms with Gasteiger partial charge in [-0.25, -0.2) is 8.42 Å². The highest BCUT2D eigenvalue weighted by molar-refractivity contribution is 7.92. The lowest BCUT2D eigenvalue weighted by molar-refractivity contribution is -0.135. The average molecular weight is 492 g/mol. The van der Waals surface area contributed by atoms with Crippen molar-refractivity contribution in [2.75, 3.05) is 30.2 Å². The second-order valence-electron chi connectivity index (χ2n) is 8.31. The van der Waals surface area contributed by atoms with Crippen molar-refractivity contribution in [1.29, 1.82) is 0 Å². The number of ether oxygens (including phenoxy) is 1. The fraction of sp³-hybridized carbons (Fsp3) is 0.391. The first-order chi connectivity index (χ1) is 15.8. The first-order valence-corrected chi connectivity index (χ1v) is 12.7. The van der Waals surface area contributed by atoms with Gasteiger partial charge in [0.1, 0.15) is 10.6 Å². The van der Waals surface area contributed by atoms with Gasteiger partial charge in [0, 0.05) is 30.6 Å². The smallest absolute Gasteiger partial charge is 0.265 e. The number of piperidine rings is 1. The molecule has 8 nitrogen and oxygen atoms in total. The topological polar surface area (TPSA) is 105 Å². The van der Waals surface area contributed by atoms with Crippen LogP contribution in [0.2, 0.25) is 5.02 Å². The van der Waals surface area contributed by atoms with E-state index in [0.29, 0.717) is 31.6 Å². The highest BCUT2D eigenvalue weighted by Gasteiger charge is 2.36. The second-order valence-corrected chi connectivity index (χ2v) is 10.4. The van der Waals surface area contributed by atoms with Crippen molar-refractivity contribution in [1.82, 2.24) is 4.90 Å². The number of nitrogens with zero attached hydrogens (tertiary/aromatic N) is 1. The summed E-state index contributed by atoms with van der Waals surface area (Å²) in [7, 11) is -2.66. The molecule has 2 aromatic rings. The van der Waals surface area contributed by atoms with Gasteiger partial charge in [-0.3, -0.25) is 14.3 Å². The van der Waals surface area contributed by atoms with Crippen molar-refractivity contribution < 1.29 is 22.7 Å². The predicted molar refractivity (Wildman–Crippen MR) is 126 cm³/mol. The number of carbonyl (C=O) groups excluding carboxylic acids is 2. The van der Waals surface area contributed by atoms with Crippen molar-refractivity contribution in [3.05, 3.63) is 47.5 Å². The highest BCUT2D eigenvalue weighted by Crippen LogP contribution is 2.33. The molecule has 1 saturated heterocycles. The van der Waals surface area contributed by atoms with Crippen LogP contribution >= 0.6 is 11.6 Å². The third-order valence-electron chi connectivity index (χ3n) is 5.94. The van der Waals surface area contributed by atoms with Gasteiger partial charge in [-0.1, -0.05) is 23.7 Å². The molecular formula is C23H26ClN3O5S. The third-order valence-corrected chi connectivity index (χ3v) is 7.66. The summed E-state index contributed by atoms with van der Waals surface area (Å²) >= 11 is 6.09. The van der Waals surface area contributed by atoms with Crippen LogP contribution in [0.25, 0.3) is 0 Å². The van der Waals surface area contributed by atoms with Crippen molar-refractivity contribution >= 4 is 44.8 Å². The number of anilines is 2. The number of methoxy groups -OCH3 is 1. The molecule has 2 amide bonds. The lowest BCUT2D eigenvalue weighted by atomic mass is 9.95. The molecule has 4 rings (SSSR count). The number of hydrogen-bond donors (Lipinski definition) is 2. The summed E-state index contributed by atoms with van der Waals surface area (Å²) in [6, 6.07) is 11.0. The van der Waals surface area contributed by atoms with Gasteiger partial charge in [0.05, 0.1) is 17.8 Å². The molecule has 2 aliphatic rings. The van der Waals surface area contributed by atoms with Gasteiger partial charge in [0.15, 0.2) is 0 Å². The van der Waals surface area contributed by atoms with E-state index in [-0.39, 0.29) is 45.0 Å². The zero-order valence-corrected chi connectivity index (χ0v) is 19.8. The Morgan fingerprint density at radius 3 is 2.36 bits per heavy atom. The largest absolute Gasteiger partial charge is 0.495 e. The highest BCUT2D eigenvalue weighted by atomic mass is 35.5. The SMILES string of the molecule is COc1ccc(NC(=O)C2CCN(C(=O)C3CC3)CC2)cc1S(=O)(=O)Nc1ccccc1Cl. The lowest BCUT2D eigenvalue weighted by Gasteiger charge is -2.31. The maximum Gasteiger partial charge on any atom is 0.265 e. The number of rotatable bonds is 7. The number of para-hydroxylation sites is 1. The number of halogens is 1. The van der Waals surface area contributed by atoms with Crippen LogP contribution in [0.4, 0.5) is 11.4 Å². The second kappa shape index (κ2) is 9.61. The van der Waals surface area contributed by atoms with Gasteiger partial charge in [-0.15, -0.1) is 0 Å². The van der Waals surface area contributed by atoms with Crippen LogP contribution in [0.15, 0.2) is 47.4 Å². The summed E-state index contributed by atoms with van der Waals surface area (Å²) in [6.07, 6.45) is 3.10. The molecule has 1 aliphatic heterocycles. The fourth-order valence-electron chi connectivity index (χ4n) is 3.90. The van der Waals surface area contributed by atoms with E-state index in [2.05, 4.69) is 10.0 Å². The Labute approximate surface area is 198 Å². The predicted octanol–water partition coefficient (Wildman–Crippen LogP) is 3.74. The van der Waals surface area contributed by atoms with E-state index in [1.165, 1.54) is 19.2 Å². The molecule has 2 N–H and O–H groups in total. The van der Waals surface area contributed by atoms with Crippen LogP contribution in [0.5, 0.6) is 5.75 Å². The normalized spacial score (nSPS) is 16.8. The standard InChI is InChI=1S/C23H26ClN3O5S/c1-32-20-9-8-17(14-21(20)33(30,31)26-19-5-3-2-4-18(19)24)25-22(28)15-10-12-27(13-11-15)23(29)16-6-7-16/h2-5,8-9,14-16,26H,6-7,10-13H2,1H3,(H,25,28). The Bertz CT molecular complexity index is 1160. The molecule has 0 atom stereocenters. The molecule has 33 heavy (non-hydrogen) atoms. The molecule has 1 aliphatic carbocycles. The summed E-state index contributed by atoms with van der Waals surface area (Å²) in [5.74, 6) is 0.0801. The molecule has 2 fully saturated rings. The van der Waals surface area contributed by atoms with Gasteiger partial charge in [-0.2, -0.15) is 0 Å². The summed E-state index contributed by atoms with van der Waals surface area (Å²) in [5.41, 5.74) is 0.583. The van der Waals surface area contributed by atoms with Crippen LogP contribution in [0.1, 0.15) is 25.7 Å². The van der Waals surface area contributed by atoms with E-state index in [4.69, 9.17) is 16.3 Å². The molecule has 1 saturated carbocycles. The quantitative estimate of drug-likeness (QED) is 0.614. The maximum absolute atomic E-state index is 13.0. The van der Waals surface area contributed by atoms with Gasteiger partial charge in [0.2, 0.25) is 11.8 Å². The summed E-state index contributed by atoms with van der Waals surface area (Å²) in [5, 5.41) is 3.07. The zero-order valence-electron chi connectivity index (χ0n) is 18.2. The zero-order chi connectivity index (χ0) is 23.6. The summed E-state index contributed by atoms with van der Waals surface area (Å²) in [6.45, 7) is 1.13. The molecule has 0 aromatic heterocycles. The fourth-order valence-corrected chi connectivity index (χ4v) is 5.42. The van der Waals surface area contributed by atoms with Crippen molar-refractivity contribution in [3.8, 4) is 5.75 Å². The van der Waals surface area contributed by atoms with Crippen molar-refractivity contribution in [3.63, 3.8) is 0 Å². The number of benzene rings is 2. The first kappa shape index (κ1) is 23.4. The monoisotopic (exact) mass is 491 g/mol. The van der Waals surface area contributed by atoms with E-state index >= 15 is 0 Å². The molecule has 10 heteroatoms. The lowest BCUT2D eigenvalue weighted by Crippen LogP contribution is -2.42. The van der Waals surface area contributed by atoms with Gasteiger partial charge >= 0.3 is 0 Å². The molecule has 2 aromatic carbocycles. The minimum atomic E-state index is -4.04. The van der Waals surface area contributed by atoms with E-state index in [0.717, 1.165) is 12.8 Å². The minimum Gasteiger partial charge on any atom is -0.495 e. The Hall–Kier alpha value is -2.78. The molecule has 0 unspecified atom stereocenters. The van der Waals surface area contributed by atoms with Crippen LogP contribution < -0.4 is 14.8 Å². The van der Waals surface area contributed by atoms with Crippen LogP contribution in [-0.2, 0) is 19.6 Å². The Morgan fingerprint density at radius 1 is 1.03 bits per heavy atom. The molecule has 176 valence electrons. The van der Waals surface area contributed by atoms with E-state index in [1.807, 2.05) is 4.90 Å². The number of carbonyl (C=O) groups is 2. The van der Waals surface area contributed by atoms with Crippen LogP contribution in [-0.4, -0.2) is 45.3 Å². The Kier molecular flexibility index (Phi) is 6.81. The van der Waals surface area contributed by atoms with Crippen molar-refractivity contribution in [2.24, 2.45) is 11.8 Å². The third kappa shape index (κ3) is 5.42. The Balaban J connectivity index is 1.45. The first-order valence-electron chi connectivity index (χ1n) is 10.8. The number of sulfonamides is 1. The molecule has 0 spiro atoms. The maximum atomic E-state index is 13.0. The molecule has 0 bridgehead atoms. The van der Waals surface area contributed by atoms with E-state index < -0.39 is 10.0 Å². The number of amides is 2.